The van der Waals surface area contributed by atoms with Gasteiger partial charge in [0, 0.05) is 58.9 Å². The van der Waals surface area contributed by atoms with Crippen molar-refractivity contribution in [2.24, 2.45) is 0 Å². The lowest BCUT2D eigenvalue weighted by atomic mass is 10.0. The average molecular weight is 499 g/mol. The van der Waals surface area contributed by atoms with Crippen LogP contribution in [-0.4, -0.2) is 36.0 Å². The van der Waals surface area contributed by atoms with Gasteiger partial charge in [-0.3, -0.25) is 19.3 Å². The molecule has 1 amide bonds. The van der Waals surface area contributed by atoms with Gasteiger partial charge in [-0.2, -0.15) is 18.3 Å². The Morgan fingerprint density at radius 2 is 1.81 bits per heavy atom. The molecule has 36 heavy (non-hydrogen) atoms. The molecule has 0 saturated carbocycles. The Morgan fingerprint density at radius 3 is 2.47 bits per heavy atom. The lowest BCUT2D eigenvalue weighted by Crippen LogP contribution is -2.21. The molecule has 0 aliphatic heterocycles. The number of aromatic nitrogens is 5. The molecular weight excluding hydrogens is 473 g/mol. The van der Waals surface area contributed by atoms with Gasteiger partial charge >= 0.3 is 6.18 Å². The number of rotatable bonds is 7. The summed E-state index contributed by atoms with van der Waals surface area (Å²) < 4.78 is 43.6. The van der Waals surface area contributed by atoms with Gasteiger partial charge < -0.3 is 9.88 Å². The van der Waals surface area contributed by atoms with Crippen LogP contribution in [0.4, 0.5) is 19.0 Å². The van der Waals surface area contributed by atoms with Gasteiger partial charge in [0.25, 0.3) is 0 Å². The van der Waals surface area contributed by atoms with E-state index in [1.54, 1.807) is 32.4 Å². The minimum absolute atomic E-state index is 0.0568. The highest BCUT2D eigenvalue weighted by molar-refractivity contribution is 6.16. The minimum atomic E-state index is -4.66. The van der Waals surface area contributed by atoms with Crippen LogP contribution in [0, 0.1) is 0 Å². The summed E-state index contributed by atoms with van der Waals surface area (Å²) in [6.07, 6.45) is 2.25. The van der Waals surface area contributed by atoms with Crippen molar-refractivity contribution in [1.82, 2.24) is 24.3 Å². The number of halogens is 3. The highest BCUT2D eigenvalue weighted by Crippen LogP contribution is 2.34. The van der Waals surface area contributed by atoms with Gasteiger partial charge in [-0.1, -0.05) is 0 Å². The third kappa shape index (κ3) is 4.86. The maximum atomic E-state index is 13.6. The first kappa shape index (κ1) is 25.1. The van der Waals surface area contributed by atoms with Crippen LogP contribution in [-0.2, 0) is 17.4 Å². The molecule has 4 aromatic heterocycles. The third-order valence-electron chi connectivity index (χ3n) is 5.71. The molecule has 0 unspecified atom stereocenters. The summed E-state index contributed by atoms with van der Waals surface area (Å²) in [6, 6.07) is 4.34. The molecule has 0 radical (unpaired) electrons. The van der Waals surface area contributed by atoms with Crippen LogP contribution >= 0.6 is 0 Å². The van der Waals surface area contributed by atoms with Gasteiger partial charge in [0.15, 0.2) is 5.78 Å². The zero-order chi connectivity index (χ0) is 26.2. The second-order valence-corrected chi connectivity index (χ2v) is 8.97. The van der Waals surface area contributed by atoms with E-state index in [1.807, 2.05) is 24.5 Å². The summed E-state index contributed by atoms with van der Waals surface area (Å²) in [5.74, 6) is -0.939. The van der Waals surface area contributed by atoms with E-state index in [0.29, 0.717) is 10.9 Å². The van der Waals surface area contributed by atoms with E-state index in [0.717, 1.165) is 16.4 Å². The van der Waals surface area contributed by atoms with E-state index < -0.39 is 30.2 Å². The summed E-state index contributed by atoms with van der Waals surface area (Å²) in [5, 5.41) is 6.99. The van der Waals surface area contributed by atoms with Crippen molar-refractivity contribution in [3.63, 3.8) is 0 Å². The van der Waals surface area contributed by atoms with Crippen LogP contribution in [0.2, 0.25) is 0 Å². The molecule has 0 spiro atoms. The molecule has 188 valence electrons. The molecule has 11 heteroatoms. The van der Waals surface area contributed by atoms with E-state index in [4.69, 9.17) is 0 Å². The molecule has 0 atom stereocenters. The quantitative estimate of drug-likeness (QED) is 0.353. The summed E-state index contributed by atoms with van der Waals surface area (Å²) in [6.45, 7) is 7.16. The van der Waals surface area contributed by atoms with Gasteiger partial charge in [-0.25, -0.2) is 4.98 Å². The highest BCUT2D eigenvalue weighted by atomic mass is 19.4. The number of ketones is 1. The van der Waals surface area contributed by atoms with Gasteiger partial charge in [0.2, 0.25) is 5.91 Å². The maximum absolute atomic E-state index is 13.6. The number of alkyl halides is 3. The van der Waals surface area contributed by atoms with Crippen molar-refractivity contribution in [1.29, 1.82) is 0 Å². The van der Waals surface area contributed by atoms with Gasteiger partial charge in [-0.15, -0.1) is 0 Å². The second-order valence-electron chi connectivity index (χ2n) is 8.97. The Balaban J connectivity index is 1.58. The number of fused-ring (bicyclic) bond motifs is 1. The fourth-order valence-electron chi connectivity index (χ4n) is 4.09. The molecule has 1 N–H and O–H groups in total. The molecule has 0 aliphatic rings. The van der Waals surface area contributed by atoms with E-state index in [1.165, 1.54) is 18.3 Å². The molecule has 0 aromatic carbocycles. The Bertz CT molecular complexity index is 1440. The summed E-state index contributed by atoms with van der Waals surface area (Å²) in [7, 11) is 0. The van der Waals surface area contributed by atoms with E-state index >= 15 is 0 Å². The first-order valence-corrected chi connectivity index (χ1v) is 11.4. The minimum Gasteiger partial charge on any atom is -0.344 e. The van der Waals surface area contributed by atoms with Crippen LogP contribution in [0.1, 0.15) is 67.0 Å². The van der Waals surface area contributed by atoms with Gasteiger partial charge in [0.1, 0.15) is 11.5 Å². The average Bonchev–Trinajstić information content (AvgIpc) is 3.41. The highest BCUT2D eigenvalue weighted by Gasteiger charge is 2.39. The second kappa shape index (κ2) is 9.56. The largest absolute Gasteiger partial charge is 0.433 e. The monoisotopic (exact) mass is 498 g/mol. The van der Waals surface area contributed by atoms with Gasteiger partial charge in [-0.05, 0) is 45.9 Å². The normalized spacial score (nSPS) is 12.0. The van der Waals surface area contributed by atoms with Crippen molar-refractivity contribution in [3.8, 4) is 0 Å². The molecule has 8 nitrogen and oxygen atoms in total. The molecule has 0 fully saturated rings. The summed E-state index contributed by atoms with van der Waals surface area (Å²) in [5.41, 5.74) is 0.393. The van der Waals surface area contributed by atoms with E-state index in [-0.39, 0.29) is 28.8 Å². The van der Waals surface area contributed by atoms with Crippen LogP contribution in [0.15, 0.2) is 49.2 Å². The molecule has 4 heterocycles. The summed E-state index contributed by atoms with van der Waals surface area (Å²) >= 11 is 0. The van der Waals surface area contributed by atoms with Crippen LogP contribution in [0.3, 0.4) is 0 Å². The molecule has 0 bridgehead atoms. The lowest BCUT2D eigenvalue weighted by Gasteiger charge is -2.15. The molecule has 4 aromatic rings. The number of pyridine rings is 2. The molecule has 0 saturated heterocycles. The van der Waals surface area contributed by atoms with Crippen molar-refractivity contribution in [3.05, 3.63) is 71.6 Å². The van der Waals surface area contributed by atoms with Crippen molar-refractivity contribution in [2.45, 2.75) is 52.4 Å². The van der Waals surface area contributed by atoms with Crippen molar-refractivity contribution < 1.29 is 22.8 Å². The number of carbonyl (C=O) groups excluding carboxylic acids is 2. The van der Waals surface area contributed by atoms with Crippen LogP contribution in [0.5, 0.6) is 0 Å². The predicted molar refractivity (Wildman–Crippen MR) is 128 cm³/mol. The fourth-order valence-corrected chi connectivity index (χ4v) is 4.09. The topological polar surface area (TPSA) is 94.7 Å². The summed E-state index contributed by atoms with van der Waals surface area (Å²) in [4.78, 5) is 34.1. The number of anilines is 1. The fraction of sp³-hybridized carbons (Fsp3) is 0.320. The Hall–Kier alpha value is -4.02. The smallest absolute Gasteiger partial charge is 0.344 e. The number of hydrogen-bond acceptors (Lipinski definition) is 5. The Kier molecular flexibility index (Phi) is 6.66. The Labute approximate surface area is 205 Å². The third-order valence-corrected chi connectivity index (χ3v) is 5.71. The molecule has 0 aliphatic carbocycles. The van der Waals surface area contributed by atoms with Crippen LogP contribution < -0.4 is 5.32 Å². The number of carbonyl (C=O) groups is 2. The zero-order valence-electron chi connectivity index (χ0n) is 20.2. The predicted octanol–water partition coefficient (Wildman–Crippen LogP) is 5.22. The van der Waals surface area contributed by atoms with E-state index in [9.17, 15) is 22.8 Å². The lowest BCUT2D eigenvalue weighted by molar-refractivity contribution is -0.145. The van der Waals surface area contributed by atoms with E-state index in [2.05, 4.69) is 20.4 Å². The first-order chi connectivity index (χ1) is 17.0. The SMILES string of the molecule is CC(C)n1ncc(CC(=O)Nc2cc(C(=O)c3cn(C(C)C)c4ccncc34)ccn2)c1C(F)(F)F. The first-order valence-electron chi connectivity index (χ1n) is 11.4. The van der Waals surface area contributed by atoms with Gasteiger partial charge in [0.05, 0.1) is 18.1 Å². The standard InChI is InChI=1S/C25H25F3N6O2/c1-14(2)33-13-19(18-12-29-7-6-20(18)33)23(36)16-5-8-30-21(9-16)32-22(35)10-17-11-31-34(15(3)4)24(17)25(26,27)28/h5-9,11-15H,10H2,1-4H3,(H,30,32,35). The number of hydrogen-bond donors (Lipinski definition) is 1. The Morgan fingerprint density at radius 1 is 1.06 bits per heavy atom. The number of amides is 1. The molecule has 4 rings (SSSR count). The molecular formula is C25H25F3N6O2. The number of nitrogens with zero attached hydrogens (tertiary/aromatic N) is 5. The van der Waals surface area contributed by atoms with Crippen molar-refractivity contribution in [2.75, 3.05) is 5.32 Å². The number of nitrogens with one attached hydrogen (secondary N) is 1. The van der Waals surface area contributed by atoms with Crippen LogP contribution in [0.25, 0.3) is 10.9 Å². The van der Waals surface area contributed by atoms with Crippen molar-refractivity contribution >= 4 is 28.4 Å². The zero-order valence-corrected chi connectivity index (χ0v) is 20.2. The maximum Gasteiger partial charge on any atom is 0.433 e.